The van der Waals surface area contributed by atoms with E-state index in [1.54, 1.807) is 0 Å². The number of amidine groups is 1. The molecule has 0 aliphatic carbocycles. The van der Waals surface area contributed by atoms with Crippen LogP contribution >= 0.6 is 11.8 Å². The number of guanidine groups is 1. The number of aliphatic imine (C=N–C) groups is 2. The van der Waals surface area contributed by atoms with Crippen LogP contribution in [0.1, 0.15) is 27.2 Å². The minimum Gasteiger partial charge on any atom is -0.394 e. The van der Waals surface area contributed by atoms with Crippen molar-refractivity contribution < 1.29 is 5.11 Å². The molecule has 3 N–H and O–H groups in total. The Balaban J connectivity index is 0.00000191. The third kappa shape index (κ3) is 8.78. The van der Waals surface area contributed by atoms with Gasteiger partial charge >= 0.3 is 0 Å². The third-order valence-corrected chi connectivity index (χ3v) is 3.90. The Morgan fingerprint density at radius 3 is 2.76 bits per heavy atom. The van der Waals surface area contributed by atoms with E-state index < -0.39 is 0 Å². The van der Waals surface area contributed by atoms with Crippen LogP contribution in [0.4, 0.5) is 0 Å². The van der Waals surface area contributed by atoms with Crippen LogP contribution < -0.4 is 10.6 Å². The fourth-order valence-corrected chi connectivity index (χ4v) is 2.49. The number of nitrogens with one attached hydrogen (secondary N) is 2. The van der Waals surface area contributed by atoms with Crippen LogP contribution in [0.15, 0.2) is 23.1 Å². The summed E-state index contributed by atoms with van der Waals surface area (Å²) in [5.74, 6) is 3.96. The monoisotopic (exact) mass is 314 g/mol. The fraction of sp³-hybridized carbons (Fsp3) is 0.733. The second-order valence-corrected chi connectivity index (χ2v) is 5.97. The molecule has 1 unspecified atom stereocenters. The molecular formula is C15H30N4OS. The molecule has 21 heavy (non-hydrogen) atoms. The van der Waals surface area contributed by atoms with E-state index in [9.17, 15) is 5.11 Å². The van der Waals surface area contributed by atoms with Crippen LogP contribution in [0.5, 0.6) is 0 Å². The number of aliphatic hydroxyl groups is 1. The molecule has 1 aliphatic heterocycles. The lowest BCUT2D eigenvalue weighted by Gasteiger charge is -2.18. The van der Waals surface area contributed by atoms with Gasteiger partial charge in [-0.1, -0.05) is 13.8 Å². The van der Waals surface area contributed by atoms with Crippen molar-refractivity contribution in [2.45, 2.75) is 33.2 Å². The van der Waals surface area contributed by atoms with Gasteiger partial charge in [0, 0.05) is 13.1 Å². The van der Waals surface area contributed by atoms with Crippen molar-refractivity contribution in [3.8, 4) is 0 Å². The molecule has 6 heteroatoms. The Hall–Kier alpha value is -1.01. The maximum absolute atomic E-state index is 9.39. The molecule has 0 fully saturated rings. The van der Waals surface area contributed by atoms with Crippen molar-refractivity contribution in [2.75, 3.05) is 31.2 Å². The van der Waals surface area contributed by atoms with Crippen molar-refractivity contribution in [1.82, 2.24) is 10.6 Å². The first-order valence-corrected chi connectivity index (χ1v) is 8.63. The van der Waals surface area contributed by atoms with E-state index in [2.05, 4.69) is 47.6 Å². The lowest BCUT2D eigenvalue weighted by atomic mass is 10.1. The number of aliphatic hydroxyl groups excluding tert-OH is 1. The summed E-state index contributed by atoms with van der Waals surface area (Å²) in [6.45, 7) is 14.0. The maximum Gasteiger partial charge on any atom is 0.196 e. The molecule has 0 radical (unpaired) electrons. The topological polar surface area (TPSA) is 69.0 Å². The second-order valence-electron chi connectivity index (χ2n) is 4.86. The van der Waals surface area contributed by atoms with E-state index in [0.717, 1.165) is 42.8 Å². The highest BCUT2D eigenvalue weighted by atomic mass is 32.2. The van der Waals surface area contributed by atoms with E-state index in [1.807, 2.05) is 18.7 Å². The van der Waals surface area contributed by atoms with Crippen LogP contribution in [0.2, 0.25) is 0 Å². The van der Waals surface area contributed by atoms with Gasteiger partial charge in [-0.3, -0.25) is 9.98 Å². The standard InChI is InChI=1S/C13H26N4OS.C2H4/c1-4-14-13-15-6-5-7-19-9-12(17-13)16-11(8-18)10(2)3;1-2/h10-11,18H,4-9H2,1-3H3,(H2,14,15,16,17);1-2H2. The molecule has 0 saturated heterocycles. The smallest absolute Gasteiger partial charge is 0.196 e. The molecule has 0 amide bonds. The molecule has 5 nitrogen and oxygen atoms in total. The third-order valence-electron chi connectivity index (χ3n) is 2.84. The van der Waals surface area contributed by atoms with Crippen LogP contribution in [0.3, 0.4) is 0 Å². The molecule has 1 rings (SSSR count). The summed E-state index contributed by atoms with van der Waals surface area (Å²) in [5, 5.41) is 15.9. The number of rotatable bonds is 4. The Morgan fingerprint density at radius 2 is 2.19 bits per heavy atom. The largest absolute Gasteiger partial charge is 0.394 e. The highest BCUT2D eigenvalue weighted by molar-refractivity contribution is 7.99. The number of hydrogen-bond acceptors (Lipinski definition) is 5. The highest BCUT2D eigenvalue weighted by Gasteiger charge is 2.13. The minimum atomic E-state index is -0.0493. The molecule has 1 heterocycles. The number of thioether (sulfide) groups is 1. The molecule has 0 saturated carbocycles. The summed E-state index contributed by atoms with van der Waals surface area (Å²) in [5.41, 5.74) is 0. The zero-order chi connectivity index (χ0) is 16.1. The fourth-order valence-electron chi connectivity index (χ4n) is 1.68. The van der Waals surface area contributed by atoms with Crippen molar-refractivity contribution in [1.29, 1.82) is 0 Å². The van der Waals surface area contributed by atoms with Crippen molar-refractivity contribution in [3.05, 3.63) is 13.2 Å². The van der Waals surface area contributed by atoms with Gasteiger partial charge in [-0.2, -0.15) is 11.8 Å². The molecule has 0 aromatic carbocycles. The maximum atomic E-state index is 9.39. The summed E-state index contributed by atoms with van der Waals surface area (Å²) < 4.78 is 0. The first-order valence-electron chi connectivity index (χ1n) is 7.48. The van der Waals surface area contributed by atoms with Gasteiger partial charge in [-0.05, 0) is 25.0 Å². The average Bonchev–Trinajstić information content (AvgIpc) is 2.59. The van der Waals surface area contributed by atoms with Crippen LogP contribution in [0.25, 0.3) is 0 Å². The summed E-state index contributed by atoms with van der Waals surface area (Å²) in [6.07, 6.45) is 1.09. The molecule has 1 atom stereocenters. The predicted molar refractivity (Wildman–Crippen MR) is 95.5 cm³/mol. The van der Waals surface area contributed by atoms with E-state index in [1.165, 1.54) is 0 Å². The summed E-state index contributed by atoms with van der Waals surface area (Å²) in [6, 6.07) is -0.0493. The molecule has 0 bridgehead atoms. The zero-order valence-electron chi connectivity index (χ0n) is 13.6. The summed E-state index contributed by atoms with van der Waals surface area (Å²) in [4.78, 5) is 9.14. The van der Waals surface area contributed by atoms with Gasteiger partial charge in [-0.15, -0.1) is 13.2 Å². The van der Waals surface area contributed by atoms with E-state index in [0.29, 0.717) is 5.92 Å². The lowest BCUT2D eigenvalue weighted by molar-refractivity contribution is 0.239. The SMILES string of the molecule is C=C.CCNC1=NCCCSCC(=NC(CO)C(C)C)N1. The van der Waals surface area contributed by atoms with Gasteiger partial charge < -0.3 is 15.7 Å². The van der Waals surface area contributed by atoms with Crippen LogP contribution in [-0.4, -0.2) is 54.1 Å². The molecule has 0 aromatic heterocycles. The van der Waals surface area contributed by atoms with E-state index >= 15 is 0 Å². The summed E-state index contributed by atoms with van der Waals surface area (Å²) >= 11 is 1.86. The van der Waals surface area contributed by atoms with Crippen LogP contribution in [0, 0.1) is 5.92 Å². The molecular weight excluding hydrogens is 284 g/mol. The van der Waals surface area contributed by atoms with E-state index in [-0.39, 0.29) is 12.6 Å². The average molecular weight is 314 g/mol. The quantitative estimate of drug-likeness (QED) is 0.693. The minimum absolute atomic E-state index is 0.0493. The molecule has 1 aliphatic rings. The molecule has 0 aromatic rings. The van der Waals surface area contributed by atoms with Crippen molar-refractivity contribution in [2.24, 2.45) is 15.9 Å². The van der Waals surface area contributed by atoms with Gasteiger partial charge in [0.25, 0.3) is 0 Å². The Kier molecular flexibility index (Phi) is 12.1. The number of nitrogens with zero attached hydrogens (tertiary/aromatic N) is 2. The Morgan fingerprint density at radius 1 is 1.48 bits per heavy atom. The molecule has 0 spiro atoms. The molecule has 122 valence electrons. The van der Waals surface area contributed by atoms with Gasteiger partial charge in [0.05, 0.1) is 18.4 Å². The first-order chi connectivity index (χ1) is 10.2. The summed E-state index contributed by atoms with van der Waals surface area (Å²) in [7, 11) is 0. The van der Waals surface area contributed by atoms with Gasteiger partial charge in [0.1, 0.15) is 5.84 Å². The predicted octanol–water partition coefficient (Wildman–Crippen LogP) is 1.90. The second kappa shape index (κ2) is 12.7. The normalized spacial score (nSPS) is 19.3. The van der Waals surface area contributed by atoms with E-state index in [4.69, 9.17) is 0 Å². The van der Waals surface area contributed by atoms with Gasteiger partial charge in [0.2, 0.25) is 0 Å². The highest BCUT2D eigenvalue weighted by Crippen LogP contribution is 2.09. The lowest BCUT2D eigenvalue weighted by Crippen LogP contribution is -2.42. The zero-order valence-corrected chi connectivity index (χ0v) is 14.4. The Labute approximate surface area is 133 Å². The van der Waals surface area contributed by atoms with Gasteiger partial charge in [-0.25, -0.2) is 0 Å². The van der Waals surface area contributed by atoms with Crippen molar-refractivity contribution >= 4 is 23.6 Å². The van der Waals surface area contributed by atoms with Crippen LogP contribution in [-0.2, 0) is 0 Å². The van der Waals surface area contributed by atoms with Gasteiger partial charge in [0.15, 0.2) is 5.96 Å². The number of hydrogen-bond donors (Lipinski definition) is 3. The van der Waals surface area contributed by atoms with Crippen molar-refractivity contribution in [3.63, 3.8) is 0 Å². The first kappa shape index (κ1) is 20.0. The Bertz CT molecular complexity index is 332.